The molecule has 0 bridgehead atoms. The number of benzene rings is 1. The second kappa shape index (κ2) is 5.68. The van der Waals surface area contributed by atoms with E-state index in [9.17, 15) is 0 Å². The van der Waals surface area contributed by atoms with Crippen LogP contribution in [0.1, 0.15) is 30.9 Å². The molecular weight excluding hydrogens is 220 g/mol. The number of rotatable bonds is 2. The van der Waals surface area contributed by atoms with Crippen molar-refractivity contribution in [3.63, 3.8) is 0 Å². The van der Waals surface area contributed by atoms with Crippen LogP contribution >= 0.6 is 0 Å². The molecule has 1 fully saturated rings. The molecule has 18 heavy (non-hydrogen) atoms. The molecule has 0 spiro atoms. The van der Waals surface area contributed by atoms with Gasteiger partial charge in [0.05, 0.1) is 0 Å². The highest BCUT2D eigenvalue weighted by molar-refractivity contribution is 5.19. The maximum absolute atomic E-state index is 3.69. The van der Waals surface area contributed by atoms with Gasteiger partial charge in [-0.3, -0.25) is 4.90 Å². The van der Waals surface area contributed by atoms with E-state index < -0.39 is 0 Å². The SMILES string of the molecule is C1=CCC(N2CCCNC(c3ccccc3)C2)C1. The van der Waals surface area contributed by atoms with Crippen LogP contribution in [-0.4, -0.2) is 30.6 Å². The van der Waals surface area contributed by atoms with Crippen LogP contribution in [0.4, 0.5) is 0 Å². The minimum absolute atomic E-state index is 0.495. The summed E-state index contributed by atoms with van der Waals surface area (Å²) >= 11 is 0. The van der Waals surface area contributed by atoms with Crippen LogP contribution in [0.5, 0.6) is 0 Å². The molecule has 2 nitrogen and oxygen atoms in total. The second-order valence-corrected chi connectivity index (χ2v) is 5.36. The van der Waals surface area contributed by atoms with E-state index in [1.807, 2.05) is 0 Å². The Kier molecular flexibility index (Phi) is 3.77. The first-order chi connectivity index (χ1) is 8.93. The van der Waals surface area contributed by atoms with Gasteiger partial charge in [-0.1, -0.05) is 42.5 Å². The third-order valence-corrected chi connectivity index (χ3v) is 4.13. The van der Waals surface area contributed by atoms with Crippen molar-refractivity contribution in [2.24, 2.45) is 0 Å². The zero-order valence-corrected chi connectivity index (χ0v) is 10.9. The Balaban J connectivity index is 1.71. The van der Waals surface area contributed by atoms with Crippen LogP contribution in [0.15, 0.2) is 42.5 Å². The quantitative estimate of drug-likeness (QED) is 0.802. The van der Waals surface area contributed by atoms with Crippen LogP contribution in [-0.2, 0) is 0 Å². The van der Waals surface area contributed by atoms with E-state index in [0.717, 1.165) is 19.1 Å². The lowest BCUT2D eigenvalue weighted by Crippen LogP contribution is -2.37. The molecule has 1 aliphatic carbocycles. The smallest absolute Gasteiger partial charge is 0.0449 e. The molecular formula is C16H22N2. The van der Waals surface area contributed by atoms with Crippen LogP contribution in [0.3, 0.4) is 0 Å². The van der Waals surface area contributed by atoms with Gasteiger partial charge in [0, 0.05) is 18.6 Å². The Morgan fingerprint density at radius 1 is 1.06 bits per heavy atom. The van der Waals surface area contributed by atoms with E-state index in [2.05, 4.69) is 52.7 Å². The minimum atomic E-state index is 0.495. The lowest BCUT2D eigenvalue weighted by Gasteiger charge is -2.30. The molecule has 1 atom stereocenters. The fourth-order valence-corrected chi connectivity index (χ4v) is 3.09. The lowest BCUT2D eigenvalue weighted by atomic mass is 10.1. The first kappa shape index (κ1) is 11.9. The Labute approximate surface area is 110 Å². The number of nitrogens with one attached hydrogen (secondary N) is 1. The van der Waals surface area contributed by atoms with E-state index in [1.54, 1.807) is 0 Å². The van der Waals surface area contributed by atoms with Gasteiger partial charge in [0.2, 0.25) is 0 Å². The topological polar surface area (TPSA) is 15.3 Å². The summed E-state index contributed by atoms with van der Waals surface area (Å²) in [6, 6.07) is 12.1. The van der Waals surface area contributed by atoms with E-state index in [-0.39, 0.29) is 0 Å². The van der Waals surface area contributed by atoms with Crippen molar-refractivity contribution in [2.45, 2.75) is 31.3 Å². The van der Waals surface area contributed by atoms with Gasteiger partial charge in [0.1, 0.15) is 0 Å². The van der Waals surface area contributed by atoms with Gasteiger partial charge in [-0.15, -0.1) is 0 Å². The number of hydrogen-bond donors (Lipinski definition) is 1. The monoisotopic (exact) mass is 242 g/mol. The van der Waals surface area contributed by atoms with Crippen LogP contribution in [0.25, 0.3) is 0 Å². The fourth-order valence-electron chi connectivity index (χ4n) is 3.09. The Hall–Kier alpha value is -1.12. The molecule has 1 N–H and O–H groups in total. The minimum Gasteiger partial charge on any atom is -0.309 e. The molecule has 2 aliphatic rings. The predicted octanol–water partition coefficient (Wildman–Crippen LogP) is 2.74. The molecule has 1 aromatic carbocycles. The molecule has 1 saturated heterocycles. The maximum Gasteiger partial charge on any atom is 0.0449 e. The summed E-state index contributed by atoms with van der Waals surface area (Å²) in [6.45, 7) is 3.52. The van der Waals surface area contributed by atoms with Crippen molar-refractivity contribution in [1.82, 2.24) is 10.2 Å². The molecule has 1 aliphatic heterocycles. The summed E-state index contributed by atoms with van der Waals surface area (Å²) in [6.07, 6.45) is 8.41. The highest BCUT2D eigenvalue weighted by Gasteiger charge is 2.25. The molecule has 1 heterocycles. The maximum atomic E-state index is 3.69. The summed E-state index contributed by atoms with van der Waals surface area (Å²) < 4.78 is 0. The fraction of sp³-hybridized carbons (Fsp3) is 0.500. The van der Waals surface area contributed by atoms with E-state index in [1.165, 1.54) is 31.4 Å². The third kappa shape index (κ3) is 2.65. The van der Waals surface area contributed by atoms with Crippen molar-refractivity contribution in [3.8, 4) is 0 Å². The zero-order chi connectivity index (χ0) is 12.2. The van der Waals surface area contributed by atoms with Crippen molar-refractivity contribution < 1.29 is 0 Å². The van der Waals surface area contributed by atoms with Crippen molar-refractivity contribution in [1.29, 1.82) is 0 Å². The molecule has 0 saturated carbocycles. The summed E-state index contributed by atoms with van der Waals surface area (Å²) in [4.78, 5) is 2.68. The highest BCUT2D eigenvalue weighted by Crippen LogP contribution is 2.23. The summed E-state index contributed by atoms with van der Waals surface area (Å²) in [5.74, 6) is 0. The molecule has 3 rings (SSSR count). The summed E-state index contributed by atoms with van der Waals surface area (Å²) in [5, 5.41) is 3.69. The number of nitrogens with zero attached hydrogens (tertiary/aromatic N) is 1. The van der Waals surface area contributed by atoms with Gasteiger partial charge in [-0.05, 0) is 37.9 Å². The van der Waals surface area contributed by atoms with Gasteiger partial charge < -0.3 is 5.32 Å². The molecule has 1 aromatic rings. The predicted molar refractivity (Wildman–Crippen MR) is 75.5 cm³/mol. The van der Waals surface area contributed by atoms with E-state index >= 15 is 0 Å². The molecule has 2 heteroatoms. The first-order valence-electron chi connectivity index (χ1n) is 7.11. The van der Waals surface area contributed by atoms with Crippen molar-refractivity contribution in [2.75, 3.05) is 19.6 Å². The van der Waals surface area contributed by atoms with Gasteiger partial charge in [-0.25, -0.2) is 0 Å². The van der Waals surface area contributed by atoms with E-state index in [4.69, 9.17) is 0 Å². The van der Waals surface area contributed by atoms with Crippen molar-refractivity contribution in [3.05, 3.63) is 48.0 Å². The number of hydrogen-bond acceptors (Lipinski definition) is 2. The Bertz CT molecular complexity index is 391. The highest BCUT2D eigenvalue weighted by atomic mass is 15.2. The second-order valence-electron chi connectivity index (χ2n) is 5.36. The molecule has 0 radical (unpaired) electrons. The van der Waals surface area contributed by atoms with Gasteiger partial charge in [0.15, 0.2) is 0 Å². The van der Waals surface area contributed by atoms with Crippen LogP contribution < -0.4 is 5.32 Å². The van der Waals surface area contributed by atoms with Gasteiger partial charge in [-0.2, -0.15) is 0 Å². The summed E-state index contributed by atoms with van der Waals surface area (Å²) in [5.41, 5.74) is 1.43. The third-order valence-electron chi connectivity index (χ3n) is 4.13. The average Bonchev–Trinajstić information content (AvgIpc) is 2.85. The Morgan fingerprint density at radius 2 is 1.83 bits per heavy atom. The van der Waals surface area contributed by atoms with Gasteiger partial charge in [0.25, 0.3) is 0 Å². The standard InChI is InChI=1S/C16H22N2/c1-2-7-14(8-3-1)16-13-18(12-6-11-17-16)15-9-4-5-10-15/h1-5,7-8,15-17H,6,9-13H2. The Morgan fingerprint density at radius 3 is 2.61 bits per heavy atom. The first-order valence-corrected chi connectivity index (χ1v) is 7.11. The van der Waals surface area contributed by atoms with Crippen molar-refractivity contribution >= 4 is 0 Å². The lowest BCUT2D eigenvalue weighted by molar-refractivity contribution is 0.200. The molecule has 0 aromatic heterocycles. The largest absolute Gasteiger partial charge is 0.309 e. The summed E-state index contributed by atoms with van der Waals surface area (Å²) in [7, 11) is 0. The van der Waals surface area contributed by atoms with Crippen LogP contribution in [0.2, 0.25) is 0 Å². The van der Waals surface area contributed by atoms with E-state index in [0.29, 0.717) is 6.04 Å². The zero-order valence-electron chi connectivity index (χ0n) is 10.9. The normalized spacial score (nSPS) is 26.3. The average molecular weight is 242 g/mol. The van der Waals surface area contributed by atoms with Crippen LogP contribution in [0, 0.1) is 0 Å². The van der Waals surface area contributed by atoms with Gasteiger partial charge >= 0.3 is 0 Å². The molecule has 0 amide bonds. The molecule has 96 valence electrons. The molecule has 1 unspecified atom stereocenters.